The molecule has 0 aliphatic heterocycles. The van der Waals surface area contributed by atoms with Gasteiger partial charge in [0.2, 0.25) is 5.75 Å². The zero-order valence-corrected chi connectivity index (χ0v) is 22.9. The number of rotatable bonds is 10. The van der Waals surface area contributed by atoms with Crippen molar-refractivity contribution in [1.82, 2.24) is 9.66 Å². The van der Waals surface area contributed by atoms with Crippen LogP contribution in [0.4, 0.5) is 5.69 Å². The molecule has 38 heavy (non-hydrogen) atoms. The second-order valence-electron chi connectivity index (χ2n) is 8.63. The molecule has 4 aromatic rings. The van der Waals surface area contributed by atoms with E-state index in [-0.39, 0.29) is 36.0 Å². The first kappa shape index (κ1) is 27.0. The fraction of sp³-hybridized carbons (Fsp3) is 0.250. The van der Waals surface area contributed by atoms with Crippen molar-refractivity contribution < 1.29 is 14.4 Å². The summed E-state index contributed by atoms with van der Waals surface area (Å²) < 4.78 is 13.6. The van der Waals surface area contributed by atoms with Gasteiger partial charge in [0.25, 0.3) is 5.56 Å². The van der Waals surface area contributed by atoms with Gasteiger partial charge in [-0.05, 0) is 50.1 Å². The molecule has 0 bridgehead atoms. The third-order valence-electron chi connectivity index (χ3n) is 5.73. The lowest BCUT2D eigenvalue weighted by atomic mass is 10.1. The number of aromatic nitrogens is 2. The van der Waals surface area contributed by atoms with E-state index in [4.69, 9.17) is 9.47 Å². The first-order chi connectivity index (χ1) is 18.3. The van der Waals surface area contributed by atoms with Gasteiger partial charge in [0.05, 0.1) is 28.6 Å². The highest BCUT2D eigenvalue weighted by Crippen LogP contribution is 2.39. The molecule has 0 aliphatic rings. The zero-order valence-electron chi connectivity index (χ0n) is 21.3. The van der Waals surface area contributed by atoms with Crippen LogP contribution < -0.4 is 15.0 Å². The molecule has 0 atom stereocenters. The van der Waals surface area contributed by atoms with Crippen molar-refractivity contribution in [2.24, 2.45) is 5.10 Å². The Labute approximate surface area is 228 Å². The molecule has 0 N–H and O–H groups in total. The van der Waals surface area contributed by atoms with E-state index >= 15 is 0 Å². The van der Waals surface area contributed by atoms with Gasteiger partial charge in [0, 0.05) is 22.5 Å². The number of hydrogen-bond donors (Lipinski definition) is 0. The lowest BCUT2D eigenvalue weighted by Gasteiger charge is -2.13. The maximum absolute atomic E-state index is 13.3. The fourth-order valence-corrected chi connectivity index (χ4v) is 4.25. The number of aryl methyl sites for hydroxylation is 2. The van der Waals surface area contributed by atoms with Crippen molar-refractivity contribution in [2.45, 2.75) is 40.2 Å². The molecule has 196 valence electrons. The highest BCUT2D eigenvalue weighted by molar-refractivity contribution is 9.10. The van der Waals surface area contributed by atoms with Gasteiger partial charge in [-0.3, -0.25) is 14.9 Å². The minimum Gasteiger partial charge on any atom is -0.490 e. The predicted molar refractivity (Wildman–Crippen MR) is 150 cm³/mol. The first-order valence-corrected chi connectivity index (χ1v) is 13.0. The van der Waals surface area contributed by atoms with Crippen molar-refractivity contribution >= 4 is 38.7 Å². The van der Waals surface area contributed by atoms with Gasteiger partial charge >= 0.3 is 5.69 Å². The molecule has 0 fully saturated rings. The zero-order chi connectivity index (χ0) is 27.2. The standard InChI is InChI=1S/C28H27BrN4O5/c1-4-6-26-31-23-12-11-21(29)15-22(23)28(34)32(26)30-16-20-13-24(33(35)36)27(25(14-20)37-5-2)38-17-19-9-7-18(3)8-10-19/h7-16H,4-6,17H2,1-3H3. The maximum atomic E-state index is 13.3. The molecule has 0 aliphatic carbocycles. The van der Waals surface area contributed by atoms with Crippen LogP contribution in [0.3, 0.4) is 0 Å². The van der Waals surface area contributed by atoms with Crippen molar-refractivity contribution in [3.05, 3.63) is 102 Å². The minimum absolute atomic E-state index is 0.0376. The van der Waals surface area contributed by atoms with E-state index in [1.165, 1.54) is 17.0 Å². The van der Waals surface area contributed by atoms with Crippen LogP contribution in [0.1, 0.15) is 42.8 Å². The van der Waals surface area contributed by atoms with E-state index in [1.807, 2.05) is 44.2 Å². The molecule has 10 heteroatoms. The van der Waals surface area contributed by atoms with E-state index in [9.17, 15) is 14.9 Å². The number of nitrogens with zero attached hydrogens (tertiary/aromatic N) is 4. The molecule has 9 nitrogen and oxygen atoms in total. The Bertz CT molecular complexity index is 1560. The topological polar surface area (TPSA) is 109 Å². The Kier molecular flexibility index (Phi) is 8.52. The Morgan fingerprint density at radius 1 is 1.11 bits per heavy atom. The van der Waals surface area contributed by atoms with Crippen LogP contribution >= 0.6 is 15.9 Å². The van der Waals surface area contributed by atoms with Crippen LogP contribution in [-0.2, 0) is 13.0 Å². The molecule has 0 spiro atoms. The monoisotopic (exact) mass is 578 g/mol. The lowest BCUT2D eigenvalue weighted by molar-refractivity contribution is -0.386. The Morgan fingerprint density at radius 2 is 1.87 bits per heavy atom. The highest BCUT2D eigenvalue weighted by atomic mass is 79.9. The van der Waals surface area contributed by atoms with E-state index in [0.717, 1.165) is 22.0 Å². The highest BCUT2D eigenvalue weighted by Gasteiger charge is 2.23. The average molecular weight is 579 g/mol. The number of halogens is 1. The van der Waals surface area contributed by atoms with Crippen molar-refractivity contribution in [1.29, 1.82) is 0 Å². The number of hydrogen-bond acceptors (Lipinski definition) is 7. The normalized spacial score (nSPS) is 11.3. The molecule has 0 saturated carbocycles. The van der Waals surface area contributed by atoms with Crippen LogP contribution in [0.2, 0.25) is 0 Å². The van der Waals surface area contributed by atoms with E-state index in [2.05, 4.69) is 26.0 Å². The number of benzene rings is 3. The summed E-state index contributed by atoms with van der Waals surface area (Å²) >= 11 is 3.39. The maximum Gasteiger partial charge on any atom is 0.315 e. The Hall–Kier alpha value is -4.05. The molecule has 0 amide bonds. The lowest BCUT2D eigenvalue weighted by Crippen LogP contribution is -2.22. The molecule has 0 unspecified atom stereocenters. The summed E-state index contributed by atoms with van der Waals surface area (Å²) in [6.07, 6.45) is 2.69. The number of ether oxygens (including phenoxy) is 2. The second-order valence-corrected chi connectivity index (χ2v) is 9.55. The molecule has 0 saturated heterocycles. The van der Waals surface area contributed by atoms with Crippen molar-refractivity contribution in [3.63, 3.8) is 0 Å². The van der Waals surface area contributed by atoms with Crippen LogP contribution in [-0.4, -0.2) is 27.4 Å². The van der Waals surface area contributed by atoms with Crippen LogP contribution in [0.25, 0.3) is 10.9 Å². The SMILES string of the molecule is CCCc1nc2ccc(Br)cc2c(=O)n1N=Cc1cc(OCC)c(OCc2ccc(C)cc2)c([N+](=O)[O-])c1. The van der Waals surface area contributed by atoms with Gasteiger partial charge < -0.3 is 9.47 Å². The quantitative estimate of drug-likeness (QED) is 0.126. The van der Waals surface area contributed by atoms with E-state index < -0.39 is 4.92 Å². The molecule has 1 heterocycles. The fourth-order valence-electron chi connectivity index (χ4n) is 3.89. The summed E-state index contributed by atoms with van der Waals surface area (Å²) in [6.45, 7) is 6.17. The summed E-state index contributed by atoms with van der Waals surface area (Å²) in [6, 6.07) is 16.0. The molecule has 0 radical (unpaired) electrons. The molecule has 4 rings (SSSR count). The van der Waals surface area contributed by atoms with E-state index in [1.54, 1.807) is 25.1 Å². The van der Waals surface area contributed by atoms with Crippen molar-refractivity contribution in [3.8, 4) is 11.5 Å². The van der Waals surface area contributed by atoms with Crippen LogP contribution in [0.5, 0.6) is 11.5 Å². The van der Waals surface area contributed by atoms with Gasteiger partial charge in [-0.15, -0.1) is 0 Å². The largest absolute Gasteiger partial charge is 0.490 e. The van der Waals surface area contributed by atoms with Gasteiger partial charge in [-0.2, -0.15) is 9.78 Å². The average Bonchev–Trinajstić information content (AvgIpc) is 2.89. The molecular weight excluding hydrogens is 552 g/mol. The molecule has 1 aromatic heterocycles. The summed E-state index contributed by atoms with van der Waals surface area (Å²) in [7, 11) is 0. The van der Waals surface area contributed by atoms with Gasteiger partial charge in [-0.25, -0.2) is 4.98 Å². The summed E-state index contributed by atoms with van der Waals surface area (Å²) in [5.41, 5.74) is 2.36. The van der Waals surface area contributed by atoms with E-state index in [0.29, 0.717) is 28.7 Å². The first-order valence-electron chi connectivity index (χ1n) is 12.2. The van der Waals surface area contributed by atoms with Crippen LogP contribution in [0.15, 0.2) is 69.0 Å². The summed E-state index contributed by atoms with van der Waals surface area (Å²) in [5, 5.41) is 16.8. The van der Waals surface area contributed by atoms with Crippen molar-refractivity contribution in [2.75, 3.05) is 6.61 Å². The summed E-state index contributed by atoms with van der Waals surface area (Å²) in [4.78, 5) is 29.4. The number of nitro groups is 1. The van der Waals surface area contributed by atoms with Crippen LogP contribution in [0, 0.1) is 17.0 Å². The molecule has 3 aromatic carbocycles. The summed E-state index contributed by atoms with van der Waals surface area (Å²) in [5.74, 6) is 0.758. The third kappa shape index (κ3) is 6.08. The smallest absolute Gasteiger partial charge is 0.315 e. The molecular formula is C28H27BrN4O5. The predicted octanol–water partition coefficient (Wildman–Crippen LogP) is 6.19. The third-order valence-corrected chi connectivity index (χ3v) is 6.22. The Morgan fingerprint density at radius 3 is 2.55 bits per heavy atom. The number of fused-ring (bicyclic) bond motifs is 1. The minimum atomic E-state index is -0.520. The number of nitro benzene ring substituents is 1. The van der Waals surface area contributed by atoms with Gasteiger partial charge in [0.1, 0.15) is 12.4 Å². The second kappa shape index (κ2) is 12.0. The van der Waals surface area contributed by atoms with Gasteiger partial charge in [0.15, 0.2) is 5.75 Å². The van der Waals surface area contributed by atoms with Gasteiger partial charge in [-0.1, -0.05) is 52.7 Å². The Balaban J connectivity index is 1.75.